The Labute approximate surface area is 174 Å². The minimum Gasteiger partial charge on any atom is -0.494 e. The standard InChI is InChI=1S/C22H23ClN2O2S/c1-5-19(22(26)24-17-12-15(23)10-9-13(17)2)28-20-11-14(3)16-7-6-8-18(27-4)21(16)25-20/h6-12,19H,5H2,1-4H3,(H,24,26). The Morgan fingerprint density at radius 3 is 2.71 bits per heavy atom. The number of aromatic nitrogens is 1. The first kappa shape index (κ1) is 20.5. The maximum absolute atomic E-state index is 12.9. The minimum absolute atomic E-state index is 0.0579. The Bertz CT molecular complexity index is 1020. The Morgan fingerprint density at radius 1 is 1.21 bits per heavy atom. The van der Waals surface area contributed by atoms with E-state index in [1.807, 2.05) is 57.2 Å². The number of methoxy groups -OCH3 is 1. The number of hydrogen-bond acceptors (Lipinski definition) is 4. The average Bonchev–Trinajstić information content (AvgIpc) is 2.68. The Balaban J connectivity index is 1.86. The molecule has 0 aliphatic heterocycles. The number of anilines is 1. The number of fused-ring (bicyclic) bond motifs is 1. The van der Waals surface area contributed by atoms with Crippen molar-refractivity contribution in [3.8, 4) is 5.75 Å². The topological polar surface area (TPSA) is 51.2 Å². The Morgan fingerprint density at radius 2 is 2.00 bits per heavy atom. The van der Waals surface area contributed by atoms with Gasteiger partial charge in [0, 0.05) is 16.1 Å². The lowest BCUT2D eigenvalue weighted by atomic mass is 10.1. The Kier molecular flexibility index (Phi) is 6.47. The molecule has 146 valence electrons. The summed E-state index contributed by atoms with van der Waals surface area (Å²) in [5.74, 6) is 0.674. The number of nitrogens with zero attached hydrogens (tertiary/aromatic N) is 1. The molecule has 6 heteroatoms. The van der Waals surface area contributed by atoms with E-state index in [4.69, 9.17) is 21.3 Å². The fourth-order valence-corrected chi connectivity index (χ4v) is 4.18. The lowest BCUT2D eigenvalue weighted by Gasteiger charge is -2.17. The van der Waals surface area contributed by atoms with Crippen molar-refractivity contribution in [1.29, 1.82) is 0 Å². The van der Waals surface area contributed by atoms with Crippen LogP contribution in [-0.2, 0) is 4.79 Å². The molecule has 0 saturated heterocycles. The molecule has 3 rings (SSSR count). The molecule has 0 saturated carbocycles. The SMILES string of the molecule is CCC(Sc1cc(C)c2cccc(OC)c2n1)C(=O)Nc1cc(Cl)ccc1C. The van der Waals surface area contributed by atoms with E-state index in [2.05, 4.69) is 5.32 Å². The molecule has 0 aliphatic carbocycles. The number of aryl methyl sites for hydroxylation is 2. The maximum atomic E-state index is 12.9. The molecule has 1 unspecified atom stereocenters. The highest BCUT2D eigenvalue weighted by Gasteiger charge is 2.20. The number of pyridine rings is 1. The van der Waals surface area contributed by atoms with Crippen molar-refractivity contribution in [3.05, 3.63) is 58.6 Å². The van der Waals surface area contributed by atoms with Crippen molar-refractivity contribution in [3.63, 3.8) is 0 Å². The minimum atomic E-state index is -0.266. The van der Waals surface area contributed by atoms with Gasteiger partial charge in [0.2, 0.25) is 5.91 Å². The summed E-state index contributed by atoms with van der Waals surface area (Å²) in [5, 5.41) is 5.19. The molecule has 3 aromatic rings. The summed E-state index contributed by atoms with van der Waals surface area (Å²) in [6.45, 7) is 5.99. The summed E-state index contributed by atoms with van der Waals surface area (Å²) in [6.07, 6.45) is 0.681. The summed E-state index contributed by atoms with van der Waals surface area (Å²) in [6, 6.07) is 13.4. The van der Waals surface area contributed by atoms with Crippen LogP contribution in [0.1, 0.15) is 24.5 Å². The lowest BCUT2D eigenvalue weighted by molar-refractivity contribution is -0.115. The van der Waals surface area contributed by atoms with Crippen molar-refractivity contribution >= 4 is 45.9 Å². The van der Waals surface area contributed by atoms with Crippen molar-refractivity contribution in [2.75, 3.05) is 12.4 Å². The summed E-state index contributed by atoms with van der Waals surface area (Å²) in [4.78, 5) is 17.6. The summed E-state index contributed by atoms with van der Waals surface area (Å²) >= 11 is 7.53. The van der Waals surface area contributed by atoms with E-state index < -0.39 is 0 Å². The number of amides is 1. The van der Waals surface area contributed by atoms with Gasteiger partial charge in [-0.25, -0.2) is 4.98 Å². The van der Waals surface area contributed by atoms with Gasteiger partial charge in [-0.05, 0) is 55.7 Å². The Hall–Kier alpha value is -2.24. The maximum Gasteiger partial charge on any atom is 0.237 e. The molecule has 1 aromatic heterocycles. The highest BCUT2D eigenvalue weighted by atomic mass is 35.5. The zero-order valence-corrected chi connectivity index (χ0v) is 17.9. The van der Waals surface area contributed by atoms with Gasteiger partial charge in [0.25, 0.3) is 0 Å². The average molecular weight is 415 g/mol. The third kappa shape index (κ3) is 4.42. The van der Waals surface area contributed by atoms with Crippen LogP contribution < -0.4 is 10.1 Å². The first-order chi connectivity index (χ1) is 13.4. The number of halogens is 1. The van der Waals surface area contributed by atoms with Gasteiger partial charge in [-0.2, -0.15) is 0 Å². The number of rotatable bonds is 6. The van der Waals surface area contributed by atoms with E-state index in [1.165, 1.54) is 11.8 Å². The number of nitrogens with one attached hydrogen (secondary N) is 1. The smallest absolute Gasteiger partial charge is 0.237 e. The fourth-order valence-electron chi connectivity index (χ4n) is 3.00. The largest absolute Gasteiger partial charge is 0.494 e. The molecule has 4 nitrogen and oxygen atoms in total. The molecular weight excluding hydrogens is 392 g/mol. The number of ether oxygens (including phenoxy) is 1. The normalized spacial score (nSPS) is 12.0. The number of thioether (sulfide) groups is 1. The fraction of sp³-hybridized carbons (Fsp3) is 0.273. The van der Waals surface area contributed by atoms with Crippen LogP contribution >= 0.6 is 23.4 Å². The molecule has 0 spiro atoms. The van der Waals surface area contributed by atoms with Gasteiger partial charge < -0.3 is 10.1 Å². The summed E-state index contributed by atoms with van der Waals surface area (Å²) in [7, 11) is 1.64. The van der Waals surface area contributed by atoms with E-state index in [-0.39, 0.29) is 11.2 Å². The summed E-state index contributed by atoms with van der Waals surface area (Å²) < 4.78 is 5.46. The molecule has 0 fully saturated rings. The lowest BCUT2D eigenvalue weighted by Crippen LogP contribution is -2.25. The molecule has 0 aliphatic rings. The second-order valence-corrected chi connectivity index (χ2v) is 8.26. The van der Waals surface area contributed by atoms with Gasteiger partial charge >= 0.3 is 0 Å². The van der Waals surface area contributed by atoms with E-state index in [0.717, 1.165) is 38.5 Å². The van der Waals surface area contributed by atoms with Crippen LogP contribution in [0.2, 0.25) is 5.02 Å². The van der Waals surface area contributed by atoms with Gasteiger partial charge in [0.05, 0.1) is 17.4 Å². The van der Waals surface area contributed by atoms with E-state index in [0.29, 0.717) is 11.4 Å². The van der Waals surface area contributed by atoms with Crippen LogP contribution in [-0.4, -0.2) is 23.3 Å². The van der Waals surface area contributed by atoms with Crippen molar-refractivity contribution in [2.24, 2.45) is 0 Å². The monoisotopic (exact) mass is 414 g/mol. The van der Waals surface area contributed by atoms with Gasteiger partial charge in [0.15, 0.2) is 0 Å². The zero-order chi connectivity index (χ0) is 20.3. The number of hydrogen-bond donors (Lipinski definition) is 1. The van der Waals surface area contributed by atoms with Gasteiger partial charge in [0.1, 0.15) is 11.3 Å². The second kappa shape index (κ2) is 8.84. The number of carbonyl (C=O) groups is 1. The third-order valence-electron chi connectivity index (χ3n) is 4.59. The molecule has 2 aromatic carbocycles. The van der Waals surface area contributed by atoms with Crippen LogP contribution in [0.3, 0.4) is 0 Å². The van der Waals surface area contributed by atoms with Crippen LogP contribution in [0.25, 0.3) is 10.9 Å². The van der Waals surface area contributed by atoms with Crippen LogP contribution in [0.5, 0.6) is 5.75 Å². The second-order valence-electron chi connectivity index (χ2n) is 6.60. The van der Waals surface area contributed by atoms with Gasteiger partial charge in [-0.3, -0.25) is 4.79 Å². The first-order valence-corrected chi connectivity index (χ1v) is 10.4. The highest BCUT2D eigenvalue weighted by molar-refractivity contribution is 8.00. The summed E-state index contributed by atoms with van der Waals surface area (Å²) in [5.41, 5.74) is 3.63. The molecular formula is C22H23ClN2O2S. The number of para-hydroxylation sites is 1. The zero-order valence-electron chi connectivity index (χ0n) is 16.4. The molecule has 0 radical (unpaired) electrons. The van der Waals surface area contributed by atoms with Crippen molar-refractivity contribution < 1.29 is 9.53 Å². The predicted octanol–water partition coefficient (Wildman–Crippen LogP) is 6.02. The van der Waals surface area contributed by atoms with Gasteiger partial charge in [-0.1, -0.05) is 48.5 Å². The van der Waals surface area contributed by atoms with E-state index in [1.54, 1.807) is 13.2 Å². The quantitative estimate of drug-likeness (QED) is 0.501. The van der Waals surface area contributed by atoms with Crippen molar-refractivity contribution in [1.82, 2.24) is 4.98 Å². The molecule has 1 N–H and O–H groups in total. The van der Waals surface area contributed by atoms with E-state index in [9.17, 15) is 4.79 Å². The molecule has 28 heavy (non-hydrogen) atoms. The molecule has 1 heterocycles. The van der Waals surface area contributed by atoms with Crippen LogP contribution in [0.15, 0.2) is 47.5 Å². The highest BCUT2D eigenvalue weighted by Crippen LogP contribution is 2.32. The number of carbonyl (C=O) groups excluding carboxylic acids is 1. The van der Waals surface area contributed by atoms with Crippen molar-refractivity contribution in [2.45, 2.75) is 37.5 Å². The molecule has 1 amide bonds. The van der Waals surface area contributed by atoms with E-state index >= 15 is 0 Å². The molecule has 1 atom stereocenters. The number of benzene rings is 2. The van der Waals surface area contributed by atoms with Gasteiger partial charge in [-0.15, -0.1) is 0 Å². The van der Waals surface area contributed by atoms with Crippen LogP contribution in [0.4, 0.5) is 5.69 Å². The predicted molar refractivity (Wildman–Crippen MR) is 118 cm³/mol. The molecule has 0 bridgehead atoms. The first-order valence-electron chi connectivity index (χ1n) is 9.11. The van der Waals surface area contributed by atoms with Crippen LogP contribution in [0, 0.1) is 13.8 Å². The third-order valence-corrected chi connectivity index (χ3v) is 6.11.